The van der Waals surface area contributed by atoms with Crippen molar-refractivity contribution in [2.45, 2.75) is 26.1 Å². The Morgan fingerprint density at radius 2 is 1.89 bits per heavy atom. The quantitative estimate of drug-likeness (QED) is 0.781. The maximum absolute atomic E-state index is 10.3. The Balaban J connectivity index is 2.56. The fourth-order valence-electron chi connectivity index (χ4n) is 2.27. The van der Waals surface area contributed by atoms with E-state index in [2.05, 4.69) is 6.07 Å². The van der Waals surface area contributed by atoms with Crippen molar-refractivity contribution in [1.29, 1.82) is 0 Å². The Hall–Kier alpha value is -0.940. The molecule has 4 heteroatoms. The van der Waals surface area contributed by atoms with Gasteiger partial charge in [0.05, 0.1) is 18.8 Å². The minimum atomic E-state index is -0.541. The summed E-state index contributed by atoms with van der Waals surface area (Å²) in [6, 6.07) is 6.04. The van der Waals surface area contributed by atoms with Crippen LogP contribution in [0, 0.1) is 13.8 Å². The average Bonchev–Trinajstić information content (AvgIpc) is 2.28. The van der Waals surface area contributed by atoms with Gasteiger partial charge in [0.15, 0.2) is 0 Å². The minimum Gasteiger partial charge on any atom is -0.389 e. The molecular weight excluding hydrogens is 242 g/mol. The van der Waals surface area contributed by atoms with Crippen molar-refractivity contribution in [2.24, 2.45) is 0 Å². The van der Waals surface area contributed by atoms with Crippen molar-refractivity contribution in [3.8, 4) is 0 Å². The number of methoxy groups -OCH3 is 1. The van der Waals surface area contributed by atoms with E-state index in [0.717, 1.165) is 11.1 Å². The predicted octanol–water partition coefficient (Wildman–Crippen LogP) is 1.28. The molecule has 0 amide bonds. The van der Waals surface area contributed by atoms with E-state index in [-0.39, 0.29) is 0 Å². The van der Waals surface area contributed by atoms with E-state index in [4.69, 9.17) is 4.74 Å². The molecule has 0 fully saturated rings. The van der Waals surface area contributed by atoms with E-state index < -0.39 is 12.2 Å². The smallest absolute Gasteiger partial charge is 0.0919 e. The molecule has 0 aromatic heterocycles. The minimum absolute atomic E-state index is 0.310. The average molecular weight is 267 g/mol. The van der Waals surface area contributed by atoms with Gasteiger partial charge >= 0.3 is 0 Å². The van der Waals surface area contributed by atoms with Crippen LogP contribution in [0.5, 0.6) is 0 Å². The zero-order valence-electron chi connectivity index (χ0n) is 12.3. The van der Waals surface area contributed by atoms with Crippen LogP contribution in [0.25, 0.3) is 0 Å². The number of likely N-dealkylation sites (N-methyl/N-ethyl adjacent to an activating group) is 1. The largest absolute Gasteiger partial charge is 0.389 e. The normalized spacial score (nSPS) is 14.7. The highest BCUT2D eigenvalue weighted by Crippen LogP contribution is 2.19. The molecule has 1 rings (SSSR count). The number of aryl methyl sites for hydroxylation is 2. The molecule has 0 radical (unpaired) electrons. The monoisotopic (exact) mass is 267 g/mol. The van der Waals surface area contributed by atoms with Crippen molar-refractivity contribution in [3.05, 3.63) is 34.9 Å². The Bertz CT molecular complexity index is 395. The second kappa shape index (κ2) is 7.60. The molecule has 0 spiro atoms. The number of hydrogen-bond donors (Lipinski definition) is 2. The molecule has 0 aliphatic rings. The molecule has 19 heavy (non-hydrogen) atoms. The van der Waals surface area contributed by atoms with Crippen molar-refractivity contribution < 1.29 is 14.9 Å². The van der Waals surface area contributed by atoms with Crippen LogP contribution < -0.4 is 0 Å². The number of hydrogen-bond acceptors (Lipinski definition) is 4. The van der Waals surface area contributed by atoms with Gasteiger partial charge in [-0.3, -0.25) is 0 Å². The van der Waals surface area contributed by atoms with Crippen LogP contribution in [0.15, 0.2) is 18.2 Å². The van der Waals surface area contributed by atoms with Gasteiger partial charge in [-0.1, -0.05) is 23.8 Å². The SMILES string of the molecule is COCC(O)CN(C)CC(O)c1ccc(C)cc1C. The third-order valence-electron chi connectivity index (χ3n) is 3.15. The number of ether oxygens (including phenoxy) is 1. The lowest BCUT2D eigenvalue weighted by molar-refractivity contribution is 0.0317. The van der Waals surface area contributed by atoms with Crippen molar-refractivity contribution in [1.82, 2.24) is 4.90 Å². The molecule has 0 heterocycles. The molecule has 0 saturated heterocycles. The lowest BCUT2D eigenvalue weighted by Gasteiger charge is -2.24. The maximum atomic E-state index is 10.3. The van der Waals surface area contributed by atoms with Crippen molar-refractivity contribution in [2.75, 3.05) is 33.9 Å². The van der Waals surface area contributed by atoms with E-state index in [1.807, 2.05) is 37.9 Å². The highest BCUT2D eigenvalue weighted by Gasteiger charge is 2.15. The lowest BCUT2D eigenvalue weighted by atomic mass is 10.0. The summed E-state index contributed by atoms with van der Waals surface area (Å²) in [6.07, 6.45) is -1.07. The molecule has 4 nitrogen and oxygen atoms in total. The fraction of sp³-hybridized carbons (Fsp3) is 0.600. The van der Waals surface area contributed by atoms with Gasteiger partial charge < -0.3 is 19.8 Å². The number of rotatable bonds is 7. The molecule has 0 aliphatic heterocycles. The topological polar surface area (TPSA) is 52.9 Å². The Labute approximate surface area is 115 Å². The highest BCUT2D eigenvalue weighted by molar-refractivity contribution is 5.32. The Morgan fingerprint density at radius 3 is 2.47 bits per heavy atom. The van der Waals surface area contributed by atoms with Crippen LogP contribution in [0.4, 0.5) is 0 Å². The first-order valence-electron chi connectivity index (χ1n) is 6.54. The van der Waals surface area contributed by atoms with Crippen LogP contribution >= 0.6 is 0 Å². The van der Waals surface area contributed by atoms with Crippen LogP contribution in [-0.2, 0) is 4.74 Å². The summed E-state index contributed by atoms with van der Waals surface area (Å²) in [6.45, 7) is 5.33. The van der Waals surface area contributed by atoms with E-state index >= 15 is 0 Å². The number of aliphatic hydroxyl groups excluding tert-OH is 2. The third-order valence-corrected chi connectivity index (χ3v) is 3.15. The van der Waals surface area contributed by atoms with Crippen LogP contribution in [0.3, 0.4) is 0 Å². The molecule has 108 valence electrons. The number of nitrogens with zero attached hydrogens (tertiary/aromatic N) is 1. The summed E-state index contributed by atoms with van der Waals surface area (Å²) in [4.78, 5) is 1.91. The third kappa shape index (κ3) is 5.28. The second-order valence-corrected chi connectivity index (χ2v) is 5.21. The summed E-state index contributed by atoms with van der Waals surface area (Å²) in [5, 5.41) is 19.9. The van der Waals surface area contributed by atoms with Crippen LogP contribution in [0.1, 0.15) is 22.8 Å². The second-order valence-electron chi connectivity index (χ2n) is 5.21. The van der Waals surface area contributed by atoms with Crippen molar-refractivity contribution in [3.63, 3.8) is 0 Å². The van der Waals surface area contributed by atoms with E-state index in [0.29, 0.717) is 19.7 Å². The van der Waals surface area contributed by atoms with Gasteiger partial charge in [0, 0.05) is 20.2 Å². The Morgan fingerprint density at radius 1 is 1.21 bits per heavy atom. The van der Waals surface area contributed by atoms with Gasteiger partial charge in [0.2, 0.25) is 0 Å². The van der Waals surface area contributed by atoms with Gasteiger partial charge in [-0.25, -0.2) is 0 Å². The van der Waals surface area contributed by atoms with E-state index in [1.54, 1.807) is 7.11 Å². The van der Waals surface area contributed by atoms with Crippen LogP contribution in [0.2, 0.25) is 0 Å². The molecule has 0 bridgehead atoms. The molecule has 1 aromatic rings. The van der Waals surface area contributed by atoms with E-state index in [1.165, 1.54) is 5.56 Å². The first kappa shape index (κ1) is 16.1. The molecule has 0 aliphatic carbocycles. The number of aliphatic hydroxyl groups is 2. The zero-order valence-corrected chi connectivity index (χ0v) is 12.3. The molecular formula is C15H25NO3. The van der Waals surface area contributed by atoms with Gasteiger partial charge in [0.1, 0.15) is 0 Å². The van der Waals surface area contributed by atoms with E-state index in [9.17, 15) is 10.2 Å². The van der Waals surface area contributed by atoms with Gasteiger partial charge in [0.25, 0.3) is 0 Å². The molecule has 1 aromatic carbocycles. The maximum Gasteiger partial charge on any atom is 0.0919 e. The summed E-state index contributed by atoms with van der Waals surface area (Å²) in [7, 11) is 3.44. The first-order chi connectivity index (χ1) is 8.93. The van der Waals surface area contributed by atoms with Crippen LogP contribution in [-0.4, -0.2) is 55.1 Å². The predicted molar refractivity (Wildman–Crippen MR) is 76.3 cm³/mol. The highest BCUT2D eigenvalue weighted by atomic mass is 16.5. The summed E-state index contributed by atoms with van der Waals surface area (Å²) in [5.41, 5.74) is 3.23. The summed E-state index contributed by atoms with van der Waals surface area (Å²) < 4.78 is 4.89. The van der Waals surface area contributed by atoms with Gasteiger partial charge in [-0.15, -0.1) is 0 Å². The molecule has 2 atom stereocenters. The molecule has 0 saturated carbocycles. The Kier molecular flexibility index (Phi) is 6.45. The van der Waals surface area contributed by atoms with Gasteiger partial charge in [-0.2, -0.15) is 0 Å². The summed E-state index contributed by atoms with van der Waals surface area (Å²) >= 11 is 0. The molecule has 2 unspecified atom stereocenters. The fourth-order valence-corrected chi connectivity index (χ4v) is 2.27. The van der Waals surface area contributed by atoms with Crippen molar-refractivity contribution >= 4 is 0 Å². The number of benzene rings is 1. The molecule has 2 N–H and O–H groups in total. The summed E-state index contributed by atoms with van der Waals surface area (Å²) in [5.74, 6) is 0. The zero-order chi connectivity index (χ0) is 14.4. The lowest BCUT2D eigenvalue weighted by Crippen LogP contribution is -2.34. The van der Waals surface area contributed by atoms with Gasteiger partial charge in [-0.05, 0) is 32.0 Å². The standard InChI is InChI=1S/C15H25NO3/c1-11-5-6-14(12(2)7-11)15(18)9-16(3)8-13(17)10-19-4/h5-7,13,15,17-18H,8-10H2,1-4H3. The first-order valence-corrected chi connectivity index (χ1v) is 6.54.